The molecule has 0 aliphatic heterocycles. The van der Waals surface area contributed by atoms with E-state index in [1.165, 1.54) is 0 Å². The minimum absolute atomic E-state index is 0.619. The molecule has 1 nitrogen and oxygen atoms in total. The van der Waals surface area contributed by atoms with Crippen LogP contribution in [0.15, 0.2) is 96.0 Å². The van der Waals surface area contributed by atoms with E-state index < -0.39 is 0 Å². The predicted molar refractivity (Wildman–Crippen MR) is 97.0 cm³/mol. The lowest BCUT2D eigenvalue weighted by Crippen LogP contribution is -1.99. The zero-order chi connectivity index (χ0) is 15.7. The second-order valence-electron chi connectivity index (χ2n) is 5.10. The van der Waals surface area contributed by atoms with Gasteiger partial charge in [0, 0.05) is 5.56 Å². The Morgan fingerprint density at radius 2 is 1.26 bits per heavy atom. The molecule has 0 atom stereocenters. The van der Waals surface area contributed by atoms with E-state index in [2.05, 4.69) is 24.0 Å². The molecule has 23 heavy (non-hydrogen) atoms. The highest BCUT2D eigenvalue weighted by atomic mass is 14.7. The van der Waals surface area contributed by atoms with Crippen molar-refractivity contribution in [3.05, 3.63) is 102 Å². The Hall–Kier alpha value is -3.11. The average Bonchev–Trinajstić information content (AvgIpc) is 2.63. The fourth-order valence-corrected chi connectivity index (χ4v) is 2.25. The van der Waals surface area contributed by atoms with Gasteiger partial charge < -0.3 is 0 Å². The minimum Gasteiger partial charge on any atom is -0.252 e. The van der Waals surface area contributed by atoms with E-state index in [1.807, 2.05) is 78.9 Å². The topological polar surface area (TPSA) is 12.4 Å². The standard InChI is InChI=1S/C22H17N/c1-4-11-19(12-5-1)13-10-18-22(20-14-6-2-7-15-20)23-21-16-8-3-9-17-21/h1-9,11-12,14-17H,18H2. The molecule has 0 amide bonds. The van der Waals surface area contributed by atoms with Gasteiger partial charge in [-0.2, -0.15) is 0 Å². The van der Waals surface area contributed by atoms with Crippen LogP contribution in [0.25, 0.3) is 0 Å². The van der Waals surface area contributed by atoms with E-state index in [0.29, 0.717) is 6.42 Å². The van der Waals surface area contributed by atoms with Crippen molar-refractivity contribution >= 4 is 11.4 Å². The Morgan fingerprint density at radius 1 is 0.696 bits per heavy atom. The molecule has 3 rings (SSSR count). The van der Waals surface area contributed by atoms with Crippen LogP contribution in [0.3, 0.4) is 0 Å². The largest absolute Gasteiger partial charge is 0.252 e. The lowest BCUT2D eigenvalue weighted by atomic mass is 10.1. The Labute approximate surface area is 137 Å². The van der Waals surface area contributed by atoms with Gasteiger partial charge >= 0.3 is 0 Å². The quantitative estimate of drug-likeness (QED) is 0.462. The summed E-state index contributed by atoms with van der Waals surface area (Å²) in [6.45, 7) is 0. The van der Waals surface area contributed by atoms with Crippen molar-refractivity contribution in [2.24, 2.45) is 4.99 Å². The Kier molecular flexibility index (Phi) is 5.01. The molecule has 0 N–H and O–H groups in total. The third-order valence-corrected chi connectivity index (χ3v) is 3.39. The molecule has 0 bridgehead atoms. The number of nitrogens with zero attached hydrogens (tertiary/aromatic N) is 1. The second kappa shape index (κ2) is 7.77. The first kappa shape index (κ1) is 14.8. The van der Waals surface area contributed by atoms with Crippen LogP contribution in [0, 0.1) is 11.8 Å². The summed E-state index contributed by atoms with van der Waals surface area (Å²) >= 11 is 0. The molecule has 0 aliphatic carbocycles. The summed E-state index contributed by atoms with van der Waals surface area (Å²) < 4.78 is 0. The Balaban J connectivity index is 1.88. The predicted octanol–water partition coefficient (Wildman–Crippen LogP) is 5.25. The highest BCUT2D eigenvalue weighted by molar-refractivity contribution is 6.03. The third kappa shape index (κ3) is 4.43. The van der Waals surface area contributed by atoms with Crippen LogP contribution in [0.2, 0.25) is 0 Å². The highest BCUT2D eigenvalue weighted by Gasteiger charge is 2.01. The van der Waals surface area contributed by atoms with Crippen molar-refractivity contribution in [3.63, 3.8) is 0 Å². The van der Waals surface area contributed by atoms with Gasteiger partial charge in [0.25, 0.3) is 0 Å². The number of rotatable bonds is 3. The highest BCUT2D eigenvalue weighted by Crippen LogP contribution is 2.14. The van der Waals surface area contributed by atoms with Crippen LogP contribution in [0.5, 0.6) is 0 Å². The number of para-hydroxylation sites is 1. The number of hydrogen-bond acceptors (Lipinski definition) is 1. The van der Waals surface area contributed by atoms with Crippen LogP contribution in [-0.2, 0) is 0 Å². The van der Waals surface area contributed by atoms with Crippen molar-refractivity contribution in [2.45, 2.75) is 6.42 Å². The molecule has 0 saturated carbocycles. The van der Waals surface area contributed by atoms with Gasteiger partial charge in [0.05, 0.1) is 17.8 Å². The second-order valence-corrected chi connectivity index (χ2v) is 5.10. The van der Waals surface area contributed by atoms with Gasteiger partial charge in [-0.15, -0.1) is 0 Å². The first-order valence-corrected chi connectivity index (χ1v) is 7.64. The summed E-state index contributed by atoms with van der Waals surface area (Å²) in [6, 6.07) is 30.3. The zero-order valence-corrected chi connectivity index (χ0v) is 12.8. The maximum absolute atomic E-state index is 4.77. The van der Waals surface area contributed by atoms with E-state index >= 15 is 0 Å². The maximum atomic E-state index is 4.77. The Bertz CT molecular complexity index is 823. The molecular weight excluding hydrogens is 278 g/mol. The van der Waals surface area contributed by atoms with Crippen LogP contribution in [-0.4, -0.2) is 5.71 Å². The average molecular weight is 295 g/mol. The molecule has 0 unspecified atom stereocenters. The fraction of sp³-hybridized carbons (Fsp3) is 0.0455. The van der Waals surface area contributed by atoms with E-state index in [4.69, 9.17) is 4.99 Å². The van der Waals surface area contributed by atoms with Crippen LogP contribution < -0.4 is 0 Å². The van der Waals surface area contributed by atoms with E-state index in [0.717, 1.165) is 22.5 Å². The molecule has 0 aliphatic rings. The van der Waals surface area contributed by atoms with Crippen molar-refractivity contribution in [1.29, 1.82) is 0 Å². The summed E-state index contributed by atoms with van der Waals surface area (Å²) in [7, 11) is 0. The molecule has 0 saturated heterocycles. The summed E-state index contributed by atoms with van der Waals surface area (Å²) in [6.07, 6.45) is 0.619. The first-order chi connectivity index (χ1) is 11.4. The summed E-state index contributed by atoms with van der Waals surface area (Å²) in [5.74, 6) is 6.44. The summed E-state index contributed by atoms with van der Waals surface area (Å²) in [5.41, 5.74) is 4.08. The SMILES string of the molecule is C(#Cc1ccccc1)CC(=Nc1ccccc1)c1ccccc1. The number of aliphatic imine (C=N–C) groups is 1. The van der Waals surface area contributed by atoms with Gasteiger partial charge in [-0.3, -0.25) is 4.99 Å². The molecule has 0 spiro atoms. The van der Waals surface area contributed by atoms with E-state index in [9.17, 15) is 0 Å². The van der Waals surface area contributed by atoms with Gasteiger partial charge in [0.2, 0.25) is 0 Å². The smallest absolute Gasteiger partial charge is 0.0633 e. The van der Waals surface area contributed by atoms with Crippen molar-refractivity contribution in [3.8, 4) is 11.8 Å². The zero-order valence-electron chi connectivity index (χ0n) is 12.8. The molecule has 110 valence electrons. The molecule has 0 heterocycles. The van der Waals surface area contributed by atoms with Crippen molar-refractivity contribution in [2.75, 3.05) is 0 Å². The van der Waals surface area contributed by atoms with Gasteiger partial charge in [0.15, 0.2) is 0 Å². The maximum Gasteiger partial charge on any atom is 0.0633 e. The monoisotopic (exact) mass is 295 g/mol. The number of benzene rings is 3. The molecular formula is C22H17N. The molecule has 3 aromatic carbocycles. The van der Waals surface area contributed by atoms with E-state index in [-0.39, 0.29) is 0 Å². The lowest BCUT2D eigenvalue weighted by molar-refractivity contribution is 1.42. The van der Waals surface area contributed by atoms with Crippen molar-refractivity contribution < 1.29 is 0 Å². The molecule has 3 aromatic rings. The van der Waals surface area contributed by atoms with Crippen LogP contribution in [0.4, 0.5) is 5.69 Å². The summed E-state index contributed by atoms with van der Waals surface area (Å²) in [5, 5.41) is 0. The Morgan fingerprint density at radius 3 is 1.91 bits per heavy atom. The van der Waals surface area contributed by atoms with Crippen LogP contribution >= 0.6 is 0 Å². The third-order valence-electron chi connectivity index (χ3n) is 3.39. The summed E-state index contributed by atoms with van der Waals surface area (Å²) in [4.78, 5) is 4.77. The molecule has 0 aromatic heterocycles. The van der Waals surface area contributed by atoms with Crippen LogP contribution in [0.1, 0.15) is 17.5 Å². The normalized spacial score (nSPS) is 10.7. The van der Waals surface area contributed by atoms with Gasteiger partial charge in [-0.25, -0.2) is 0 Å². The molecule has 0 radical (unpaired) electrons. The lowest BCUT2D eigenvalue weighted by Gasteiger charge is -2.03. The molecule has 0 fully saturated rings. The first-order valence-electron chi connectivity index (χ1n) is 7.64. The fourth-order valence-electron chi connectivity index (χ4n) is 2.25. The van der Waals surface area contributed by atoms with E-state index in [1.54, 1.807) is 0 Å². The van der Waals surface area contributed by atoms with Gasteiger partial charge in [-0.1, -0.05) is 78.6 Å². The minimum atomic E-state index is 0.619. The number of hydrogen-bond donors (Lipinski definition) is 0. The molecule has 1 heteroatoms. The van der Waals surface area contributed by atoms with Gasteiger partial charge in [0.1, 0.15) is 0 Å². The van der Waals surface area contributed by atoms with Crippen molar-refractivity contribution in [1.82, 2.24) is 0 Å². The van der Waals surface area contributed by atoms with Gasteiger partial charge in [-0.05, 0) is 29.8 Å².